The van der Waals surface area contributed by atoms with Crippen LogP contribution in [0.4, 0.5) is 5.69 Å². The molecule has 0 unspecified atom stereocenters. The zero-order valence-electron chi connectivity index (χ0n) is 19.1. The van der Waals surface area contributed by atoms with Gasteiger partial charge in [-0.15, -0.1) is 0 Å². The summed E-state index contributed by atoms with van der Waals surface area (Å²) in [5.41, 5.74) is 2.55. The van der Waals surface area contributed by atoms with Gasteiger partial charge < -0.3 is 14.2 Å². The Morgan fingerprint density at radius 1 is 0.943 bits per heavy atom. The van der Waals surface area contributed by atoms with Gasteiger partial charge in [0.2, 0.25) is 5.75 Å². The van der Waals surface area contributed by atoms with Gasteiger partial charge in [-0.05, 0) is 42.3 Å². The van der Waals surface area contributed by atoms with E-state index in [2.05, 4.69) is 4.98 Å². The van der Waals surface area contributed by atoms with Gasteiger partial charge in [-0.1, -0.05) is 37.3 Å². The molecule has 0 atom stereocenters. The van der Waals surface area contributed by atoms with Gasteiger partial charge in [-0.25, -0.2) is 14.3 Å². The third kappa shape index (κ3) is 4.59. The van der Waals surface area contributed by atoms with E-state index in [9.17, 15) is 9.59 Å². The molecule has 0 saturated heterocycles. The minimum Gasteiger partial charge on any atom is -0.489 e. The second-order valence-electron chi connectivity index (χ2n) is 7.90. The maximum atomic E-state index is 12.4. The van der Waals surface area contributed by atoms with Crippen molar-refractivity contribution in [3.8, 4) is 17.4 Å². The molecule has 0 N–H and O–H groups in total. The van der Waals surface area contributed by atoms with Crippen molar-refractivity contribution in [2.75, 3.05) is 11.6 Å². The Bertz CT molecular complexity index is 1400. The van der Waals surface area contributed by atoms with Gasteiger partial charge in [0.05, 0.1) is 16.6 Å². The number of esters is 2. The van der Waals surface area contributed by atoms with Crippen molar-refractivity contribution in [3.05, 3.63) is 90.8 Å². The fourth-order valence-corrected chi connectivity index (χ4v) is 3.93. The Morgan fingerprint density at radius 3 is 2.43 bits per heavy atom. The van der Waals surface area contributed by atoms with Gasteiger partial charge in [0.25, 0.3) is 5.88 Å². The number of hydrogen-bond donors (Lipinski definition) is 0. The van der Waals surface area contributed by atoms with Crippen LogP contribution in [0.5, 0.6) is 17.4 Å². The fraction of sp³-hybridized carbons (Fsp3) is 0.148. The number of anilines is 1. The molecule has 1 aliphatic rings. The zero-order valence-corrected chi connectivity index (χ0v) is 19.1. The number of fused-ring (bicyclic) bond motifs is 3. The summed E-state index contributed by atoms with van der Waals surface area (Å²) in [4.78, 5) is 28.9. The Balaban J connectivity index is 1.65. The lowest BCUT2D eigenvalue weighted by Gasteiger charge is -2.28. The first-order valence-corrected chi connectivity index (χ1v) is 11.3. The van der Waals surface area contributed by atoms with Crippen LogP contribution in [0.1, 0.15) is 18.9 Å². The predicted molar refractivity (Wildman–Crippen MR) is 130 cm³/mol. The lowest BCUT2D eigenvalue weighted by atomic mass is 10.2. The van der Waals surface area contributed by atoms with Gasteiger partial charge in [0.15, 0.2) is 0 Å². The number of aromatic nitrogens is 2. The first-order valence-electron chi connectivity index (χ1n) is 11.3. The molecular weight excluding hydrogens is 446 g/mol. The fourth-order valence-electron chi connectivity index (χ4n) is 3.93. The van der Waals surface area contributed by atoms with E-state index in [0.717, 1.165) is 29.8 Å². The van der Waals surface area contributed by atoms with Gasteiger partial charge in [0.1, 0.15) is 12.4 Å². The molecule has 0 saturated carbocycles. The molecule has 8 nitrogen and oxygen atoms in total. The number of carbonyl (C=O) groups excluding carboxylic acids is 2. The van der Waals surface area contributed by atoms with Crippen molar-refractivity contribution in [3.63, 3.8) is 0 Å². The Labute approximate surface area is 201 Å². The van der Waals surface area contributed by atoms with Crippen LogP contribution in [0.25, 0.3) is 10.9 Å². The molecule has 35 heavy (non-hydrogen) atoms. The van der Waals surface area contributed by atoms with Crippen LogP contribution in [-0.4, -0.2) is 28.1 Å². The largest absolute Gasteiger partial charge is 0.489 e. The molecule has 0 aliphatic carbocycles. The number of carbonyl (C=O) groups is 2. The van der Waals surface area contributed by atoms with Crippen LogP contribution in [0, 0.1) is 0 Å². The van der Waals surface area contributed by atoms with Crippen molar-refractivity contribution < 1.29 is 23.8 Å². The molecule has 176 valence electrons. The highest BCUT2D eigenvalue weighted by atomic mass is 16.6. The summed E-state index contributed by atoms with van der Waals surface area (Å²) in [6.45, 7) is 3.04. The highest BCUT2D eigenvalue weighted by Gasteiger charge is 2.29. The van der Waals surface area contributed by atoms with E-state index in [1.807, 2.05) is 66.5 Å². The number of rotatable bonds is 7. The van der Waals surface area contributed by atoms with Gasteiger partial charge in [0, 0.05) is 31.1 Å². The molecule has 8 heteroatoms. The topological polar surface area (TPSA) is 82.9 Å². The first-order chi connectivity index (χ1) is 17.1. The van der Waals surface area contributed by atoms with E-state index < -0.39 is 11.9 Å². The molecule has 0 bridgehead atoms. The lowest BCUT2D eigenvalue weighted by Crippen LogP contribution is -2.31. The quantitative estimate of drug-likeness (QED) is 0.364. The van der Waals surface area contributed by atoms with E-state index >= 15 is 0 Å². The average molecular weight is 469 g/mol. The molecule has 1 aliphatic heterocycles. The summed E-state index contributed by atoms with van der Waals surface area (Å²) in [6.07, 6.45) is 6.30. The van der Waals surface area contributed by atoms with E-state index in [1.54, 1.807) is 23.1 Å². The number of ether oxygens (including phenoxy) is 3. The van der Waals surface area contributed by atoms with Crippen molar-refractivity contribution in [2.45, 2.75) is 20.0 Å². The standard InChI is InChI=1S/C27H23N3O5/c1-2-16-29(20-12-14-28-15-13-20)30-23-9-8-21(33-18-19-6-4-3-5-7-19)17-22(23)26-27(30)35-25(32)11-10-24(31)34-26/h3-15,17H,2,16,18H2,1H3/b11-10-. The Kier molecular flexibility index (Phi) is 6.17. The molecule has 5 rings (SSSR count). The predicted octanol–water partition coefficient (Wildman–Crippen LogP) is 4.68. The number of benzene rings is 2. The molecular formula is C27H23N3O5. The van der Waals surface area contributed by atoms with Gasteiger partial charge >= 0.3 is 11.9 Å². The van der Waals surface area contributed by atoms with Crippen LogP contribution < -0.4 is 19.2 Å². The van der Waals surface area contributed by atoms with Gasteiger partial charge in [-0.2, -0.15) is 0 Å². The highest BCUT2D eigenvalue weighted by Crippen LogP contribution is 2.43. The number of nitrogens with zero attached hydrogens (tertiary/aromatic N) is 3. The molecule has 2 aromatic heterocycles. The minimum atomic E-state index is -0.668. The third-order valence-corrected chi connectivity index (χ3v) is 5.47. The van der Waals surface area contributed by atoms with Crippen LogP contribution in [-0.2, 0) is 16.2 Å². The summed E-state index contributed by atoms with van der Waals surface area (Å²) >= 11 is 0. The average Bonchev–Trinajstić information content (AvgIpc) is 3.16. The van der Waals surface area contributed by atoms with Crippen LogP contribution in [0.15, 0.2) is 85.2 Å². The van der Waals surface area contributed by atoms with E-state index in [0.29, 0.717) is 29.8 Å². The van der Waals surface area contributed by atoms with Crippen molar-refractivity contribution in [1.82, 2.24) is 9.66 Å². The Morgan fingerprint density at radius 2 is 1.69 bits per heavy atom. The number of pyridine rings is 1. The summed E-state index contributed by atoms with van der Waals surface area (Å²) in [7, 11) is 0. The molecule has 0 spiro atoms. The van der Waals surface area contributed by atoms with Crippen LogP contribution in [0.2, 0.25) is 0 Å². The highest BCUT2D eigenvalue weighted by molar-refractivity contribution is 6.00. The molecule has 2 aromatic carbocycles. The molecule has 0 amide bonds. The maximum Gasteiger partial charge on any atom is 0.337 e. The molecule has 4 aromatic rings. The summed E-state index contributed by atoms with van der Waals surface area (Å²) in [5, 5.41) is 2.54. The normalized spacial score (nSPS) is 13.9. The van der Waals surface area contributed by atoms with Crippen molar-refractivity contribution >= 4 is 28.5 Å². The van der Waals surface area contributed by atoms with Crippen LogP contribution in [0.3, 0.4) is 0 Å². The van der Waals surface area contributed by atoms with Crippen molar-refractivity contribution in [2.24, 2.45) is 0 Å². The monoisotopic (exact) mass is 469 g/mol. The summed E-state index contributed by atoms with van der Waals surface area (Å²) < 4.78 is 19.1. The smallest absolute Gasteiger partial charge is 0.337 e. The molecule has 0 radical (unpaired) electrons. The van der Waals surface area contributed by atoms with Gasteiger partial charge in [-0.3, -0.25) is 9.99 Å². The van der Waals surface area contributed by atoms with E-state index in [-0.39, 0.29) is 11.6 Å². The second kappa shape index (κ2) is 9.72. The third-order valence-electron chi connectivity index (χ3n) is 5.47. The lowest BCUT2D eigenvalue weighted by molar-refractivity contribution is -0.133. The SMILES string of the molecule is CCCN(c1ccncc1)n1c2c(c3cc(OCc4ccccc4)ccc31)OC(=O)/C=C\C(=O)O2. The molecule has 0 fully saturated rings. The van der Waals surface area contributed by atoms with E-state index in [4.69, 9.17) is 14.2 Å². The van der Waals surface area contributed by atoms with E-state index in [1.165, 1.54) is 0 Å². The van der Waals surface area contributed by atoms with Crippen LogP contribution >= 0.6 is 0 Å². The number of hydrogen-bond acceptors (Lipinski definition) is 7. The maximum absolute atomic E-state index is 12.4. The van der Waals surface area contributed by atoms with Crippen molar-refractivity contribution in [1.29, 1.82) is 0 Å². The Hall–Kier alpha value is -4.59. The molecule has 3 heterocycles. The second-order valence-corrected chi connectivity index (χ2v) is 7.90. The summed E-state index contributed by atoms with van der Waals surface area (Å²) in [6, 6.07) is 19.0. The first kappa shape index (κ1) is 22.2. The summed E-state index contributed by atoms with van der Waals surface area (Å²) in [5.74, 6) is -0.467. The zero-order chi connectivity index (χ0) is 24.2. The minimum absolute atomic E-state index is 0.119.